The van der Waals surface area contributed by atoms with Crippen LogP contribution < -0.4 is 0 Å². The monoisotopic (exact) mass is 588 g/mol. The molecule has 0 aliphatic heterocycles. The highest BCUT2D eigenvalue weighted by Gasteiger charge is 2.26. The summed E-state index contributed by atoms with van der Waals surface area (Å²) in [7, 11) is 0. The molecule has 0 aromatic heterocycles. The van der Waals surface area contributed by atoms with Gasteiger partial charge in [-0.3, -0.25) is 0 Å². The van der Waals surface area contributed by atoms with Crippen molar-refractivity contribution in [3.63, 3.8) is 0 Å². The first-order valence-electron chi connectivity index (χ1n) is 10.9. The summed E-state index contributed by atoms with van der Waals surface area (Å²) in [4.78, 5) is 6.25. The minimum atomic E-state index is 0.391. The maximum Gasteiger partial charge on any atom is 0.0630 e. The van der Waals surface area contributed by atoms with E-state index in [4.69, 9.17) is 31.6 Å². The van der Waals surface area contributed by atoms with Crippen molar-refractivity contribution >= 4 is 70.6 Å². The normalized spacial score (nSPS) is 9.83. The van der Waals surface area contributed by atoms with Crippen LogP contribution in [0.1, 0.15) is 38.5 Å². The highest BCUT2D eigenvalue weighted by molar-refractivity contribution is 8.06. The molecule has 1 aromatic carbocycles. The Morgan fingerprint density at radius 2 is 0.444 bits per heavy atom. The number of rotatable bonds is 18. The summed E-state index contributed by atoms with van der Waals surface area (Å²) in [6, 6.07) is 13.2. The molecule has 0 atom stereocenters. The first kappa shape index (κ1) is 32.3. The molecule has 0 radical (unpaired) electrons. The number of benzene rings is 1. The van der Waals surface area contributed by atoms with Gasteiger partial charge in [0.15, 0.2) is 0 Å². The maximum atomic E-state index is 9.14. The van der Waals surface area contributed by atoms with Gasteiger partial charge in [0.25, 0.3) is 0 Å². The molecule has 0 spiro atoms. The first-order chi connectivity index (χ1) is 17.7. The third-order valence-corrected chi connectivity index (χ3v) is 11.4. The SMILES string of the molecule is N#CCCSc1c(SCCC#N)c(SCCC#N)c(SCCC#N)c(SCCC#N)c1SCCC#N. The minimum absolute atomic E-state index is 0.391. The predicted octanol–water partition coefficient (Wildman–Crippen LogP) is 7.72. The van der Waals surface area contributed by atoms with Crippen molar-refractivity contribution in [3.8, 4) is 36.4 Å². The maximum absolute atomic E-state index is 9.14. The van der Waals surface area contributed by atoms with Crippen molar-refractivity contribution < 1.29 is 0 Å². The van der Waals surface area contributed by atoms with Crippen LogP contribution >= 0.6 is 70.6 Å². The smallest absolute Gasteiger partial charge is 0.0630 e. The van der Waals surface area contributed by atoms with Crippen LogP contribution in [0.4, 0.5) is 0 Å². The zero-order valence-electron chi connectivity index (χ0n) is 19.6. The van der Waals surface area contributed by atoms with Crippen molar-refractivity contribution in [2.45, 2.75) is 67.9 Å². The van der Waals surface area contributed by atoms with E-state index in [1.807, 2.05) is 0 Å². The molecule has 0 saturated heterocycles. The van der Waals surface area contributed by atoms with Gasteiger partial charge in [0.2, 0.25) is 0 Å². The van der Waals surface area contributed by atoms with Crippen molar-refractivity contribution in [1.29, 1.82) is 31.6 Å². The fourth-order valence-electron chi connectivity index (χ4n) is 2.60. The average molecular weight is 589 g/mol. The van der Waals surface area contributed by atoms with Gasteiger partial charge in [-0.15, -0.1) is 70.6 Å². The molecule has 186 valence electrons. The van der Waals surface area contributed by atoms with Crippen molar-refractivity contribution in [2.75, 3.05) is 34.5 Å². The summed E-state index contributed by atoms with van der Waals surface area (Å²) in [5, 5.41) is 54.9. The zero-order valence-corrected chi connectivity index (χ0v) is 24.5. The molecule has 0 N–H and O–H groups in total. The Kier molecular flexibility index (Phi) is 19.2. The standard InChI is InChI=1S/C24H24N6S6/c25-7-1-13-31-19-20(32-14-2-8-26)22(34-16-4-10-28)24(36-18-6-12-30)23(35-17-5-11-29)21(19)33-15-3-9-27/h1-6,13-18H2. The van der Waals surface area contributed by atoms with E-state index in [9.17, 15) is 0 Å². The Morgan fingerprint density at radius 3 is 0.556 bits per heavy atom. The summed E-state index contributed by atoms with van der Waals surface area (Å²) in [6.07, 6.45) is 2.34. The Balaban J connectivity index is 3.86. The number of hydrogen-bond donors (Lipinski definition) is 0. The molecule has 0 aliphatic carbocycles. The van der Waals surface area contributed by atoms with Crippen molar-refractivity contribution in [2.24, 2.45) is 0 Å². The lowest BCUT2D eigenvalue weighted by molar-refractivity contribution is 0.869. The average Bonchev–Trinajstić information content (AvgIpc) is 2.88. The second-order valence-electron chi connectivity index (χ2n) is 6.51. The number of nitriles is 6. The zero-order chi connectivity index (χ0) is 26.4. The van der Waals surface area contributed by atoms with E-state index >= 15 is 0 Å². The third kappa shape index (κ3) is 11.5. The Hall–Kier alpha value is -1.74. The first-order valence-corrected chi connectivity index (χ1v) is 16.8. The number of nitrogens with zero attached hydrogens (tertiary/aromatic N) is 6. The fraction of sp³-hybridized carbons (Fsp3) is 0.500. The predicted molar refractivity (Wildman–Crippen MR) is 152 cm³/mol. The third-order valence-electron chi connectivity index (χ3n) is 4.00. The van der Waals surface area contributed by atoms with E-state index in [1.54, 1.807) is 70.6 Å². The lowest BCUT2D eigenvalue weighted by Gasteiger charge is -2.24. The van der Waals surface area contributed by atoms with Crippen LogP contribution in [0.15, 0.2) is 29.4 Å². The highest BCUT2D eigenvalue weighted by Crippen LogP contribution is 2.54. The minimum Gasteiger partial charge on any atom is -0.198 e. The Morgan fingerprint density at radius 1 is 0.306 bits per heavy atom. The molecule has 1 rings (SSSR count). The van der Waals surface area contributed by atoms with Gasteiger partial charge < -0.3 is 0 Å². The van der Waals surface area contributed by atoms with Crippen LogP contribution in [-0.2, 0) is 0 Å². The van der Waals surface area contributed by atoms with E-state index in [-0.39, 0.29) is 0 Å². The summed E-state index contributed by atoms with van der Waals surface area (Å²) in [5.41, 5.74) is 0. The molecular weight excluding hydrogens is 565 g/mol. The fourth-order valence-corrected chi connectivity index (χ4v) is 10.3. The molecule has 36 heavy (non-hydrogen) atoms. The summed E-state index contributed by atoms with van der Waals surface area (Å²) < 4.78 is 0. The second-order valence-corrected chi connectivity index (χ2v) is 13.1. The molecule has 6 nitrogen and oxygen atoms in total. The molecule has 1 aromatic rings. The van der Waals surface area contributed by atoms with E-state index in [2.05, 4.69) is 36.4 Å². The second kappa shape index (κ2) is 21.4. The van der Waals surface area contributed by atoms with E-state index in [0.717, 1.165) is 29.4 Å². The summed E-state index contributed by atoms with van der Waals surface area (Å²) >= 11 is 9.66. The topological polar surface area (TPSA) is 143 Å². The van der Waals surface area contributed by atoms with E-state index < -0.39 is 0 Å². The van der Waals surface area contributed by atoms with Gasteiger partial charge in [0, 0.05) is 102 Å². The van der Waals surface area contributed by atoms with Crippen LogP contribution in [0.2, 0.25) is 0 Å². The van der Waals surface area contributed by atoms with Gasteiger partial charge in [-0.2, -0.15) is 31.6 Å². The number of thioether (sulfide) groups is 6. The van der Waals surface area contributed by atoms with Crippen LogP contribution in [0.25, 0.3) is 0 Å². The van der Waals surface area contributed by atoms with Gasteiger partial charge >= 0.3 is 0 Å². The summed E-state index contributed by atoms with van der Waals surface area (Å²) in [5.74, 6) is 3.66. The van der Waals surface area contributed by atoms with Crippen molar-refractivity contribution in [3.05, 3.63) is 0 Å². The molecule has 12 heteroatoms. The van der Waals surface area contributed by atoms with Crippen LogP contribution in [0.5, 0.6) is 0 Å². The van der Waals surface area contributed by atoms with E-state index in [0.29, 0.717) is 73.0 Å². The van der Waals surface area contributed by atoms with Gasteiger partial charge in [-0.1, -0.05) is 0 Å². The lowest BCUT2D eigenvalue weighted by atomic mass is 10.3. The molecule has 0 unspecified atom stereocenters. The summed E-state index contributed by atoms with van der Waals surface area (Å²) in [6.45, 7) is 0. The Bertz CT molecular complexity index is 853. The Labute approximate surface area is 239 Å². The van der Waals surface area contributed by atoms with Gasteiger partial charge in [0.1, 0.15) is 0 Å². The van der Waals surface area contributed by atoms with Crippen molar-refractivity contribution in [1.82, 2.24) is 0 Å². The largest absolute Gasteiger partial charge is 0.198 e. The molecule has 0 heterocycles. The molecule has 0 saturated carbocycles. The molecule has 0 amide bonds. The van der Waals surface area contributed by atoms with Gasteiger partial charge in [-0.05, 0) is 0 Å². The van der Waals surface area contributed by atoms with Crippen LogP contribution in [0, 0.1) is 68.0 Å². The quantitative estimate of drug-likeness (QED) is 0.122. The van der Waals surface area contributed by atoms with Crippen LogP contribution in [0.3, 0.4) is 0 Å². The highest BCUT2D eigenvalue weighted by atomic mass is 32.2. The molecule has 0 bridgehead atoms. The van der Waals surface area contributed by atoms with Crippen LogP contribution in [-0.4, -0.2) is 34.5 Å². The number of hydrogen-bond acceptors (Lipinski definition) is 12. The molecule has 0 aliphatic rings. The molecular formula is C24H24N6S6. The van der Waals surface area contributed by atoms with E-state index in [1.165, 1.54) is 0 Å². The lowest BCUT2D eigenvalue weighted by Crippen LogP contribution is -2.00. The molecule has 0 fully saturated rings. The van der Waals surface area contributed by atoms with Gasteiger partial charge in [-0.25, -0.2) is 0 Å². The van der Waals surface area contributed by atoms with Gasteiger partial charge in [0.05, 0.1) is 36.4 Å².